The number of aromatic carboxylic acids is 1. The molecule has 0 saturated heterocycles. The Balaban J connectivity index is 1.33. The largest absolute Gasteiger partial charge is 0.478 e. The summed E-state index contributed by atoms with van der Waals surface area (Å²) in [6.45, 7) is 26.2. The number of hydrogen-bond donors (Lipinski definition) is 2. The van der Waals surface area contributed by atoms with Crippen molar-refractivity contribution in [2.45, 2.75) is 126 Å². The smallest absolute Gasteiger partial charge is 0.410 e. The number of ether oxygens (including phenoxy) is 1. The van der Waals surface area contributed by atoms with E-state index in [1.54, 1.807) is 12.1 Å². The predicted molar refractivity (Wildman–Crippen MR) is 201 cm³/mol. The normalized spacial score (nSPS) is 38.8. The lowest BCUT2D eigenvalue weighted by Gasteiger charge is -2.72. The molecule has 5 aliphatic carbocycles. The van der Waals surface area contributed by atoms with E-state index in [2.05, 4.69) is 54.2 Å². The first-order valence-electron chi connectivity index (χ1n) is 19.5. The minimum atomic E-state index is -0.880. The Labute approximate surface area is 302 Å². The van der Waals surface area contributed by atoms with Crippen molar-refractivity contribution in [3.8, 4) is 0 Å². The molecule has 0 radical (unpaired) electrons. The van der Waals surface area contributed by atoms with Gasteiger partial charge in [0.1, 0.15) is 5.60 Å². The van der Waals surface area contributed by atoms with E-state index in [0.717, 1.165) is 31.2 Å². The first-order chi connectivity index (χ1) is 23.2. The molecule has 6 rings (SSSR count). The molecule has 1 amide bonds. The SMILES string of the molecule is C=C(C)[C@@H]1CC[C@]2(CN(CCO)C(=O)OC(C)(C)C)CC[C@]3(C)[C@H](CC[C@@H]4[C@@]5(C)CC=C(c6ccc(C(=O)O)cc6)C(C)(C)[C@@H]5CC[C@]43C)[C@@H]12. The highest BCUT2D eigenvalue weighted by Crippen LogP contribution is 2.77. The van der Waals surface area contributed by atoms with Gasteiger partial charge in [-0.05, 0) is 165 Å². The number of hydrogen-bond acceptors (Lipinski definition) is 4. The number of carboxylic acid groups (broad SMARTS) is 1. The highest BCUT2D eigenvalue weighted by atomic mass is 16.6. The third kappa shape index (κ3) is 5.69. The first-order valence-corrected chi connectivity index (χ1v) is 19.5. The fraction of sp³-hybridized carbons (Fsp3) is 0.727. The number of fused-ring (bicyclic) bond motifs is 7. The molecule has 0 spiro atoms. The van der Waals surface area contributed by atoms with Crippen LogP contribution in [0.1, 0.15) is 136 Å². The van der Waals surface area contributed by atoms with Gasteiger partial charge in [-0.3, -0.25) is 0 Å². The van der Waals surface area contributed by atoms with Gasteiger partial charge in [0.25, 0.3) is 0 Å². The van der Waals surface area contributed by atoms with Crippen LogP contribution in [0.2, 0.25) is 0 Å². The Kier molecular flexibility index (Phi) is 9.31. The fourth-order valence-electron chi connectivity index (χ4n) is 13.5. The summed E-state index contributed by atoms with van der Waals surface area (Å²) in [5.41, 5.74) is 4.13. The van der Waals surface area contributed by atoms with Gasteiger partial charge in [0.15, 0.2) is 0 Å². The van der Waals surface area contributed by atoms with Crippen LogP contribution in [0.15, 0.2) is 42.5 Å². The second-order valence-corrected chi connectivity index (χ2v) is 19.6. The molecule has 0 bridgehead atoms. The van der Waals surface area contributed by atoms with Crippen LogP contribution in [0.5, 0.6) is 0 Å². The number of aliphatic hydroxyl groups excluding tert-OH is 1. The van der Waals surface area contributed by atoms with Crippen LogP contribution in [-0.4, -0.2) is 52.5 Å². The summed E-state index contributed by atoms with van der Waals surface area (Å²) in [6.07, 6.45) is 12.6. The van der Waals surface area contributed by atoms with Crippen molar-refractivity contribution in [1.29, 1.82) is 0 Å². The molecule has 6 nitrogen and oxygen atoms in total. The van der Waals surface area contributed by atoms with Crippen molar-refractivity contribution < 1.29 is 24.5 Å². The van der Waals surface area contributed by atoms with Gasteiger partial charge in [0.05, 0.1) is 12.2 Å². The maximum atomic E-state index is 13.5. The summed E-state index contributed by atoms with van der Waals surface area (Å²) in [6, 6.07) is 7.53. The lowest BCUT2D eigenvalue weighted by atomic mass is 9.32. The summed E-state index contributed by atoms with van der Waals surface area (Å²) in [5.74, 6) is 1.76. The molecular weight excluding hydrogens is 622 g/mol. The molecule has 50 heavy (non-hydrogen) atoms. The van der Waals surface area contributed by atoms with Crippen molar-refractivity contribution in [2.75, 3.05) is 19.7 Å². The quantitative estimate of drug-likeness (QED) is 0.279. The summed E-state index contributed by atoms with van der Waals surface area (Å²) in [5, 5.41) is 19.6. The molecule has 0 aliphatic heterocycles. The Morgan fingerprint density at radius 2 is 1.60 bits per heavy atom. The summed E-state index contributed by atoms with van der Waals surface area (Å²) >= 11 is 0. The Hall–Kier alpha value is -2.60. The number of amides is 1. The molecule has 5 aliphatic rings. The number of nitrogens with zero attached hydrogens (tertiary/aromatic N) is 1. The first kappa shape index (κ1) is 37.2. The van der Waals surface area contributed by atoms with Gasteiger partial charge in [-0.15, -0.1) is 0 Å². The van der Waals surface area contributed by atoms with Crippen LogP contribution < -0.4 is 0 Å². The maximum Gasteiger partial charge on any atom is 0.410 e. The number of allylic oxidation sites excluding steroid dienone is 3. The van der Waals surface area contributed by atoms with E-state index in [0.29, 0.717) is 48.2 Å². The minimum Gasteiger partial charge on any atom is -0.478 e. The summed E-state index contributed by atoms with van der Waals surface area (Å²) < 4.78 is 5.89. The van der Waals surface area contributed by atoms with E-state index < -0.39 is 11.6 Å². The van der Waals surface area contributed by atoms with Gasteiger partial charge in [-0.1, -0.05) is 65.0 Å². The monoisotopic (exact) mass is 687 g/mol. The minimum absolute atomic E-state index is 0.00479. The second kappa shape index (κ2) is 12.5. The van der Waals surface area contributed by atoms with Crippen molar-refractivity contribution >= 4 is 17.6 Å². The molecule has 4 saturated carbocycles. The molecule has 276 valence electrons. The zero-order valence-electron chi connectivity index (χ0n) is 32.5. The molecule has 1 aromatic rings. The lowest BCUT2D eigenvalue weighted by molar-refractivity contribution is -0.226. The number of carbonyl (C=O) groups excluding carboxylic acids is 1. The van der Waals surface area contributed by atoms with Crippen molar-refractivity contribution in [3.63, 3.8) is 0 Å². The molecular formula is C44H65NO5. The standard InChI is InChI=1S/C44H65NO5/c1-28(2)31-17-22-44(27-45(25-26-46)38(49)50-39(3,4)5)24-23-42(9)33(36(31)44)15-16-35-41(8)20-18-32(29-11-13-30(14-12-29)37(47)48)40(6,7)34(41)19-21-43(35,42)10/h11-14,18,31,33-36,46H,1,15-17,19-27H2,2-10H3,(H,47,48)/t31-,33+,34-,35+,36+,41-,42+,43+,44+/m0/s1. The van der Waals surface area contributed by atoms with E-state index >= 15 is 0 Å². The lowest BCUT2D eigenvalue weighted by Crippen LogP contribution is -2.66. The van der Waals surface area contributed by atoms with Crippen LogP contribution >= 0.6 is 0 Å². The number of carbonyl (C=O) groups is 2. The molecule has 0 heterocycles. The molecule has 9 atom stereocenters. The molecule has 1 aromatic carbocycles. The van der Waals surface area contributed by atoms with Gasteiger partial charge in [-0.25, -0.2) is 9.59 Å². The van der Waals surface area contributed by atoms with Crippen LogP contribution in [0.25, 0.3) is 5.57 Å². The van der Waals surface area contributed by atoms with Gasteiger partial charge in [0.2, 0.25) is 0 Å². The molecule has 0 unspecified atom stereocenters. The zero-order chi connectivity index (χ0) is 36.7. The average Bonchev–Trinajstić information content (AvgIpc) is 3.40. The fourth-order valence-corrected chi connectivity index (χ4v) is 13.5. The van der Waals surface area contributed by atoms with Gasteiger partial charge < -0.3 is 19.8 Å². The Bertz CT molecular complexity index is 1540. The Morgan fingerprint density at radius 3 is 2.20 bits per heavy atom. The topological polar surface area (TPSA) is 87.1 Å². The van der Waals surface area contributed by atoms with Crippen molar-refractivity contribution in [1.82, 2.24) is 4.90 Å². The van der Waals surface area contributed by atoms with Crippen molar-refractivity contribution in [2.24, 2.45) is 56.7 Å². The summed E-state index contributed by atoms with van der Waals surface area (Å²) in [4.78, 5) is 26.9. The average molecular weight is 688 g/mol. The maximum absolute atomic E-state index is 13.5. The van der Waals surface area contributed by atoms with Crippen molar-refractivity contribution in [3.05, 3.63) is 53.6 Å². The Morgan fingerprint density at radius 1 is 0.920 bits per heavy atom. The third-order valence-corrected chi connectivity index (χ3v) is 15.8. The third-order valence-electron chi connectivity index (χ3n) is 15.8. The second-order valence-electron chi connectivity index (χ2n) is 19.6. The van der Waals surface area contributed by atoms with Gasteiger partial charge in [0, 0.05) is 13.1 Å². The highest BCUT2D eigenvalue weighted by Gasteiger charge is 2.70. The van der Waals surface area contributed by atoms with Crippen LogP contribution in [-0.2, 0) is 4.74 Å². The predicted octanol–water partition coefficient (Wildman–Crippen LogP) is 10.3. The van der Waals surface area contributed by atoms with E-state index in [-0.39, 0.29) is 39.8 Å². The number of benzene rings is 1. The number of carboxylic acids is 1. The van der Waals surface area contributed by atoms with E-state index in [1.807, 2.05) is 37.8 Å². The van der Waals surface area contributed by atoms with E-state index in [1.165, 1.54) is 43.3 Å². The number of aliphatic hydroxyl groups is 1. The molecule has 6 heteroatoms. The molecule has 4 fully saturated rings. The van der Waals surface area contributed by atoms with Gasteiger partial charge >= 0.3 is 12.1 Å². The van der Waals surface area contributed by atoms with Crippen LogP contribution in [0, 0.1) is 56.7 Å². The van der Waals surface area contributed by atoms with Crippen LogP contribution in [0.3, 0.4) is 0 Å². The summed E-state index contributed by atoms with van der Waals surface area (Å²) in [7, 11) is 0. The van der Waals surface area contributed by atoms with Gasteiger partial charge in [-0.2, -0.15) is 0 Å². The van der Waals surface area contributed by atoms with E-state index in [4.69, 9.17) is 4.74 Å². The van der Waals surface area contributed by atoms with E-state index in [9.17, 15) is 19.8 Å². The highest BCUT2D eigenvalue weighted by molar-refractivity contribution is 5.88. The number of rotatable bonds is 7. The van der Waals surface area contributed by atoms with Crippen LogP contribution in [0.4, 0.5) is 4.79 Å². The zero-order valence-corrected chi connectivity index (χ0v) is 32.5. The molecule has 2 N–H and O–H groups in total. The molecule has 0 aromatic heterocycles.